The van der Waals surface area contributed by atoms with Crippen LogP contribution in [-0.2, 0) is 9.53 Å². The summed E-state index contributed by atoms with van der Waals surface area (Å²) in [7, 11) is 1.68. The third-order valence-corrected chi connectivity index (χ3v) is 2.46. The lowest BCUT2D eigenvalue weighted by Gasteiger charge is -2.11. The third kappa shape index (κ3) is 9.93. The number of methoxy groups -OCH3 is 1. The SMILES string of the molecule is COCC(C)CNC(=O)CCCCCCN. The smallest absolute Gasteiger partial charge is 0.220 e. The molecule has 0 radical (unpaired) electrons. The average molecular weight is 230 g/mol. The number of carbonyl (C=O) groups excluding carboxylic acids is 1. The van der Waals surface area contributed by atoms with Crippen molar-refractivity contribution in [3.63, 3.8) is 0 Å². The molecule has 96 valence electrons. The standard InChI is InChI=1S/C12H26N2O2/c1-11(10-16-2)9-14-12(15)7-5-3-4-6-8-13/h11H,3-10,13H2,1-2H3,(H,14,15). The first kappa shape index (κ1) is 15.4. The average Bonchev–Trinajstić information content (AvgIpc) is 2.26. The molecular weight excluding hydrogens is 204 g/mol. The maximum Gasteiger partial charge on any atom is 0.220 e. The molecule has 0 saturated heterocycles. The highest BCUT2D eigenvalue weighted by Gasteiger charge is 2.04. The Morgan fingerprint density at radius 1 is 1.31 bits per heavy atom. The molecule has 4 nitrogen and oxygen atoms in total. The second kappa shape index (κ2) is 10.9. The van der Waals surface area contributed by atoms with Crippen molar-refractivity contribution < 1.29 is 9.53 Å². The fraction of sp³-hybridized carbons (Fsp3) is 0.917. The molecule has 0 aliphatic rings. The van der Waals surface area contributed by atoms with E-state index in [0.717, 1.165) is 32.2 Å². The molecule has 3 N–H and O–H groups in total. The van der Waals surface area contributed by atoms with Gasteiger partial charge in [0.2, 0.25) is 5.91 Å². The number of unbranched alkanes of at least 4 members (excludes halogenated alkanes) is 3. The van der Waals surface area contributed by atoms with Gasteiger partial charge in [0.1, 0.15) is 0 Å². The summed E-state index contributed by atoms with van der Waals surface area (Å²) in [5.41, 5.74) is 5.39. The molecule has 16 heavy (non-hydrogen) atoms. The van der Waals surface area contributed by atoms with E-state index in [2.05, 4.69) is 12.2 Å². The lowest BCUT2D eigenvalue weighted by atomic mass is 10.1. The van der Waals surface area contributed by atoms with Crippen LogP contribution in [0.1, 0.15) is 39.0 Å². The molecule has 0 aliphatic carbocycles. The Hall–Kier alpha value is -0.610. The van der Waals surface area contributed by atoms with Crippen molar-refractivity contribution in [2.45, 2.75) is 39.0 Å². The molecule has 0 aromatic heterocycles. The number of nitrogens with one attached hydrogen (secondary N) is 1. The molecular formula is C12H26N2O2. The molecule has 1 atom stereocenters. The van der Waals surface area contributed by atoms with Gasteiger partial charge in [-0.3, -0.25) is 4.79 Å². The lowest BCUT2D eigenvalue weighted by Crippen LogP contribution is -2.29. The van der Waals surface area contributed by atoms with Gasteiger partial charge in [-0.05, 0) is 25.3 Å². The van der Waals surface area contributed by atoms with Crippen molar-refractivity contribution in [1.82, 2.24) is 5.32 Å². The van der Waals surface area contributed by atoms with Gasteiger partial charge in [-0.15, -0.1) is 0 Å². The van der Waals surface area contributed by atoms with E-state index in [0.29, 0.717) is 25.5 Å². The van der Waals surface area contributed by atoms with Crippen molar-refractivity contribution in [1.29, 1.82) is 0 Å². The summed E-state index contributed by atoms with van der Waals surface area (Å²) < 4.78 is 5.00. The Morgan fingerprint density at radius 3 is 2.62 bits per heavy atom. The van der Waals surface area contributed by atoms with E-state index in [9.17, 15) is 4.79 Å². The molecule has 0 rings (SSSR count). The van der Waals surface area contributed by atoms with E-state index in [-0.39, 0.29) is 5.91 Å². The Bertz CT molecular complexity index is 174. The van der Waals surface area contributed by atoms with Crippen LogP contribution in [0.4, 0.5) is 0 Å². The Morgan fingerprint density at radius 2 is 2.00 bits per heavy atom. The van der Waals surface area contributed by atoms with Gasteiger partial charge in [0.25, 0.3) is 0 Å². The number of carbonyl (C=O) groups is 1. The molecule has 0 aliphatic heterocycles. The first-order chi connectivity index (χ1) is 7.70. The number of amides is 1. The fourth-order valence-corrected chi connectivity index (χ4v) is 1.50. The number of rotatable bonds is 10. The van der Waals surface area contributed by atoms with E-state index in [1.165, 1.54) is 0 Å². The Kier molecular flexibility index (Phi) is 10.5. The van der Waals surface area contributed by atoms with Crippen LogP contribution in [-0.4, -0.2) is 32.7 Å². The highest BCUT2D eigenvalue weighted by atomic mass is 16.5. The number of ether oxygens (including phenoxy) is 1. The summed E-state index contributed by atoms with van der Waals surface area (Å²) in [5.74, 6) is 0.530. The number of hydrogen-bond acceptors (Lipinski definition) is 3. The van der Waals surface area contributed by atoms with Gasteiger partial charge in [-0.25, -0.2) is 0 Å². The number of nitrogens with two attached hydrogens (primary N) is 1. The van der Waals surface area contributed by atoms with Crippen LogP contribution in [0.15, 0.2) is 0 Å². The number of hydrogen-bond donors (Lipinski definition) is 2. The summed E-state index contributed by atoms with van der Waals surface area (Å²) in [5, 5.41) is 2.91. The summed E-state index contributed by atoms with van der Waals surface area (Å²) in [4.78, 5) is 11.4. The van der Waals surface area contributed by atoms with Crippen LogP contribution < -0.4 is 11.1 Å². The van der Waals surface area contributed by atoms with E-state index < -0.39 is 0 Å². The highest BCUT2D eigenvalue weighted by Crippen LogP contribution is 2.02. The Balaban J connectivity index is 3.30. The normalized spacial score (nSPS) is 12.4. The predicted molar refractivity (Wildman–Crippen MR) is 66.2 cm³/mol. The molecule has 4 heteroatoms. The third-order valence-electron chi connectivity index (χ3n) is 2.46. The second-order valence-electron chi connectivity index (χ2n) is 4.32. The molecule has 0 saturated carbocycles. The molecule has 0 aromatic carbocycles. The van der Waals surface area contributed by atoms with Gasteiger partial charge < -0.3 is 15.8 Å². The van der Waals surface area contributed by atoms with E-state index in [1.54, 1.807) is 7.11 Å². The van der Waals surface area contributed by atoms with Crippen LogP contribution in [0, 0.1) is 5.92 Å². The van der Waals surface area contributed by atoms with Gasteiger partial charge >= 0.3 is 0 Å². The Labute approximate surface area is 98.9 Å². The second-order valence-corrected chi connectivity index (χ2v) is 4.32. The summed E-state index contributed by atoms with van der Waals surface area (Å²) in [6, 6.07) is 0. The lowest BCUT2D eigenvalue weighted by molar-refractivity contribution is -0.121. The van der Waals surface area contributed by atoms with E-state index in [4.69, 9.17) is 10.5 Å². The first-order valence-corrected chi connectivity index (χ1v) is 6.16. The maximum absolute atomic E-state index is 11.4. The minimum Gasteiger partial charge on any atom is -0.384 e. The maximum atomic E-state index is 11.4. The minimum absolute atomic E-state index is 0.149. The van der Waals surface area contributed by atoms with Gasteiger partial charge in [0.05, 0.1) is 6.61 Å². The van der Waals surface area contributed by atoms with Crippen molar-refractivity contribution in [2.75, 3.05) is 26.8 Å². The zero-order valence-corrected chi connectivity index (χ0v) is 10.6. The predicted octanol–water partition coefficient (Wildman–Crippen LogP) is 1.29. The van der Waals surface area contributed by atoms with Crippen molar-refractivity contribution in [2.24, 2.45) is 11.7 Å². The molecule has 0 spiro atoms. The largest absolute Gasteiger partial charge is 0.384 e. The van der Waals surface area contributed by atoms with Crippen molar-refractivity contribution in [3.8, 4) is 0 Å². The topological polar surface area (TPSA) is 64.3 Å². The van der Waals surface area contributed by atoms with E-state index >= 15 is 0 Å². The highest BCUT2D eigenvalue weighted by molar-refractivity contribution is 5.75. The van der Waals surface area contributed by atoms with Crippen LogP contribution in [0.5, 0.6) is 0 Å². The molecule has 0 bridgehead atoms. The van der Waals surface area contributed by atoms with Crippen molar-refractivity contribution in [3.05, 3.63) is 0 Å². The summed E-state index contributed by atoms with van der Waals surface area (Å²) in [6.45, 7) is 4.21. The van der Waals surface area contributed by atoms with Gasteiger partial charge in [-0.1, -0.05) is 19.8 Å². The van der Waals surface area contributed by atoms with Gasteiger partial charge in [-0.2, -0.15) is 0 Å². The molecule has 0 fully saturated rings. The monoisotopic (exact) mass is 230 g/mol. The molecule has 1 amide bonds. The molecule has 0 aromatic rings. The molecule has 0 heterocycles. The van der Waals surface area contributed by atoms with Crippen LogP contribution in [0.3, 0.4) is 0 Å². The van der Waals surface area contributed by atoms with Crippen molar-refractivity contribution >= 4 is 5.91 Å². The van der Waals surface area contributed by atoms with E-state index in [1.807, 2.05) is 0 Å². The van der Waals surface area contributed by atoms with Crippen LogP contribution in [0.25, 0.3) is 0 Å². The summed E-state index contributed by atoms with van der Waals surface area (Å²) >= 11 is 0. The zero-order valence-electron chi connectivity index (χ0n) is 10.6. The molecule has 1 unspecified atom stereocenters. The van der Waals surface area contributed by atoms with Gasteiger partial charge in [0.15, 0.2) is 0 Å². The van der Waals surface area contributed by atoms with Crippen LogP contribution in [0.2, 0.25) is 0 Å². The minimum atomic E-state index is 0.149. The van der Waals surface area contributed by atoms with Gasteiger partial charge in [0, 0.05) is 20.1 Å². The fourth-order valence-electron chi connectivity index (χ4n) is 1.50. The summed E-state index contributed by atoms with van der Waals surface area (Å²) in [6.07, 6.45) is 4.88. The quantitative estimate of drug-likeness (QED) is 0.556. The first-order valence-electron chi connectivity index (χ1n) is 6.16. The zero-order chi connectivity index (χ0) is 12.2. The van der Waals surface area contributed by atoms with Crippen LogP contribution >= 0.6 is 0 Å².